The average molecular weight is 121 g/mol. The standard InChI is InChI=1S/C3H11N3O2/c1-3-8-6(7)5(2)4/h4-6H,3H2,1-2H3. The lowest BCUT2D eigenvalue weighted by Crippen LogP contribution is -3.53. The molecule has 8 heavy (non-hydrogen) atoms. The third-order valence-electron chi connectivity index (χ3n) is 0.582. The highest BCUT2D eigenvalue weighted by Crippen LogP contribution is 1.47. The molecule has 0 bridgehead atoms. The molecule has 50 valence electrons. The maximum atomic E-state index is 10.3. The smallest absolute Gasteiger partial charge is 0.110 e. The molecule has 5 nitrogen and oxygen atoms in total. The molecular formula is C3H11N3O2. The molecule has 0 aliphatic carbocycles. The van der Waals surface area contributed by atoms with Crippen molar-refractivity contribution in [2.45, 2.75) is 6.92 Å². The summed E-state index contributed by atoms with van der Waals surface area (Å²) in [5.74, 6) is 6.73. The number of hydrogen-bond acceptors (Lipinski definition) is 2. The summed E-state index contributed by atoms with van der Waals surface area (Å²) in [6, 6.07) is 0. The molecule has 0 saturated heterocycles. The van der Waals surface area contributed by atoms with E-state index >= 15 is 0 Å². The third kappa shape index (κ3) is 2.89. The van der Waals surface area contributed by atoms with Gasteiger partial charge in [-0.25, -0.2) is 5.12 Å². The first-order valence-electron chi connectivity index (χ1n) is 2.40. The maximum absolute atomic E-state index is 10.3. The first kappa shape index (κ1) is 7.80. The Morgan fingerprint density at radius 3 is 2.38 bits per heavy atom. The van der Waals surface area contributed by atoms with Crippen molar-refractivity contribution in [2.75, 3.05) is 13.7 Å². The summed E-state index contributed by atoms with van der Waals surface area (Å²) in [5.41, 5.74) is 0. The van der Waals surface area contributed by atoms with Gasteiger partial charge in [0.05, 0.1) is 0 Å². The molecule has 0 aliphatic heterocycles. The molecule has 0 aliphatic rings. The summed E-state index contributed by atoms with van der Waals surface area (Å²) in [6.45, 7) is 2.05. The number of quaternary nitrogens is 2. The second-order valence-electron chi connectivity index (χ2n) is 1.35. The minimum Gasteiger partial charge on any atom is -0.550 e. The summed E-state index contributed by atoms with van der Waals surface area (Å²) in [4.78, 5) is 4.44. The molecule has 3 N–H and O–H groups in total. The topological polar surface area (TPSA) is 65.0 Å². The largest absolute Gasteiger partial charge is 0.550 e. The zero-order valence-electron chi connectivity index (χ0n) is 5.02. The molecule has 0 aromatic carbocycles. The van der Waals surface area contributed by atoms with Gasteiger partial charge in [-0.05, 0) is 6.92 Å². The number of nitrogens with one attached hydrogen (secondary N) is 3. The maximum Gasteiger partial charge on any atom is 0.110 e. The first-order valence-corrected chi connectivity index (χ1v) is 2.40. The normalized spacial score (nSPS) is 18.0. The van der Waals surface area contributed by atoms with E-state index in [0.29, 0.717) is 6.61 Å². The lowest BCUT2D eigenvalue weighted by molar-refractivity contribution is -1.53. The van der Waals surface area contributed by atoms with Gasteiger partial charge in [0.25, 0.3) is 0 Å². The number of hydrogen-bond donors (Lipinski definition) is 2. The van der Waals surface area contributed by atoms with Crippen LogP contribution in [0.25, 0.3) is 5.84 Å². The second kappa shape index (κ2) is 3.76. The number of rotatable bonds is 3. The van der Waals surface area contributed by atoms with E-state index < -0.39 is 5.34 Å². The van der Waals surface area contributed by atoms with Crippen molar-refractivity contribution in [3.05, 3.63) is 11.0 Å². The average Bonchev–Trinajstić information content (AvgIpc) is 1.67. The summed E-state index contributed by atoms with van der Waals surface area (Å²) in [6.07, 6.45) is 0. The SMILES string of the molecule is CCO[NH+]([O-])[NH+](C)[NH-]. The fraction of sp³-hybridized carbons (Fsp3) is 1.00. The van der Waals surface area contributed by atoms with Gasteiger partial charge < -0.3 is 11.0 Å². The lowest BCUT2D eigenvalue weighted by atomic mass is 10.9. The molecule has 0 aromatic heterocycles. The van der Waals surface area contributed by atoms with Crippen LogP contribution in [0.4, 0.5) is 0 Å². The van der Waals surface area contributed by atoms with Gasteiger partial charge in [0.15, 0.2) is 0 Å². The van der Waals surface area contributed by atoms with E-state index in [1.54, 1.807) is 6.92 Å². The highest BCUT2D eigenvalue weighted by atomic mass is 16.9. The van der Waals surface area contributed by atoms with Crippen molar-refractivity contribution in [2.24, 2.45) is 0 Å². The van der Waals surface area contributed by atoms with Crippen LogP contribution in [0.2, 0.25) is 0 Å². The van der Waals surface area contributed by atoms with Crippen molar-refractivity contribution >= 4 is 0 Å². The van der Waals surface area contributed by atoms with Gasteiger partial charge in [-0.3, -0.25) is 0 Å². The molecule has 2 atom stereocenters. The third-order valence-corrected chi connectivity index (χ3v) is 0.582. The summed E-state index contributed by atoms with van der Waals surface area (Å²) in [7, 11) is 1.40. The molecule has 0 aromatic rings. The Kier molecular flexibility index (Phi) is 3.67. The zero-order chi connectivity index (χ0) is 6.57. The van der Waals surface area contributed by atoms with Crippen LogP contribution in [-0.4, -0.2) is 13.7 Å². The van der Waals surface area contributed by atoms with Gasteiger partial charge >= 0.3 is 0 Å². The summed E-state index contributed by atoms with van der Waals surface area (Å²) in [5, 5.41) is 9.71. The Bertz CT molecular complexity index is 58.5. The zero-order valence-corrected chi connectivity index (χ0v) is 5.02. The van der Waals surface area contributed by atoms with Gasteiger partial charge in [0.2, 0.25) is 0 Å². The molecule has 0 amide bonds. The van der Waals surface area contributed by atoms with Crippen molar-refractivity contribution in [1.82, 2.24) is 0 Å². The van der Waals surface area contributed by atoms with Crippen molar-refractivity contribution in [3.8, 4) is 0 Å². The fourth-order valence-corrected chi connectivity index (χ4v) is 0.239. The molecular weight excluding hydrogens is 110 g/mol. The predicted octanol–water partition coefficient (Wildman–Crippen LogP) is -2.28. The molecule has 0 saturated carbocycles. The summed E-state index contributed by atoms with van der Waals surface area (Å²) >= 11 is 0. The predicted molar refractivity (Wildman–Crippen MR) is 27.2 cm³/mol. The fourth-order valence-electron chi connectivity index (χ4n) is 0.239. The Labute approximate surface area is 48.1 Å². The molecule has 0 rings (SSSR count). The highest BCUT2D eigenvalue weighted by Gasteiger charge is 1.93. The van der Waals surface area contributed by atoms with E-state index in [-0.39, 0.29) is 5.12 Å². The van der Waals surface area contributed by atoms with Gasteiger partial charge in [0.1, 0.15) is 13.7 Å². The molecule has 0 radical (unpaired) electrons. The Balaban J connectivity index is 3.17. The quantitative estimate of drug-likeness (QED) is 0.413. The Hall–Kier alpha value is -0.200. The van der Waals surface area contributed by atoms with Crippen molar-refractivity contribution in [3.63, 3.8) is 0 Å². The Morgan fingerprint density at radius 1 is 1.75 bits per heavy atom. The molecule has 2 unspecified atom stereocenters. The van der Waals surface area contributed by atoms with E-state index in [0.717, 1.165) is 0 Å². The van der Waals surface area contributed by atoms with Crippen LogP contribution in [-0.2, 0) is 4.84 Å². The van der Waals surface area contributed by atoms with Crippen LogP contribution >= 0.6 is 0 Å². The van der Waals surface area contributed by atoms with Gasteiger partial charge in [-0.15, -0.1) is 0 Å². The highest BCUT2D eigenvalue weighted by molar-refractivity contribution is 3.93. The van der Waals surface area contributed by atoms with E-state index in [2.05, 4.69) is 4.84 Å². The van der Waals surface area contributed by atoms with Gasteiger partial charge in [0, 0.05) is 0 Å². The van der Waals surface area contributed by atoms with Crippen LogP contribution in [0, 0.1) is 5.21 Å². The van der Waals surface area contributed by atoms with Gasteiger partial charge in [-0.2, -0.15) is 4.84 Å². The van der Waals surface area contributed by atoms with Crippen molar-refractivity contribution < 1.29 is 15.3 Å². The van der Waals surface area contributed by atoms with E-state index in [1.807, 2.05) is 0 Å². The van der Waals surface area contributed by atoms with Crippen molar-refractivity contribution in [1.29, 1.82) is 0 Å². The second-order valence-corrected chi connectivity index (χ2v) is 1.35. The molecule has 0 heterocycles. The molecule has 5 heteroatoms. The summed E-state index contributed by atoms with van der Waals surface area (Å²) < 4.78 is 0. The first-order chi connectivity index (χ1) is 3.68. The van der Waals surface area contributed by atoms with E-state index in [1.165, 1.54) is 7.05 Å². The van der Waals surface area contributed by atoms with Crippen LogP contribution in [0.3, 0.4) is 0 Å². The minimum absolute atomic E-state index is 0.0492. The van der Waals surface area contributed by atoms with Crippen LogP contribution in [0.15, 0.2) is 0 Å². The molecule has 0 fully saturated rings. The van der Waals surface area contributed by atoms with Crippen LogP contribution < -0.4 is 10.5 Å². The monoisotopic (exact) mass is 121 g/mol. The lowest BCUT2D eigenvalue weighted by Gasteiger charge is -2.25. The van der Waals surface area contributed by atoms with E-state index in [9.17, 15) is 5.21 Å². The minimum atomic E-state index is -0.535. The Morgan fingerprint density at radius 2 is 2.25 bits per heavy atom. The van der Waals surface area contributed by atoms with Crippen LogP contribution in [0.5, 0.6) is 0 Å². The van der Waals surface area contributed by atoms with Crippen LogP contribution in [0.1, 0.15) is 6.92 Å². The van der Waals surface area contributed by atoms with Gasteiger partial charge in [-0.1, -0.05) is 5.34 Å². The van der Waals surface area contributed by atoms with E-state index in [4.69, 9.17) is 5.84 Å². The molecule has 0 spiro atoms.